The predicted octanol–water partition coefficient (Wildman–Crippen LogP) is 2.43. The first kappa shape index (κ1) is 18.4. The molecule has 24 heavy (non-hydrogen) atoms. The zero-order valence-corrected chi connectivity index (χ0v) is 15.1. The minimum Gasteiger partial charge on any atom is -0.368 e. The van der Waals surface area contributed by atoms with Gasteiger partial charge in [-0.05, 0) is 24.6 Å². The van der Waals surface area contributed by atoms with Crippen LogP contribution < -0.4 is 5.73 Å². The highest BCUT2D eigenvalue weighted by molar-refractivity contribution is 7.87. The van der Waals surface area contributed by atoms with Crippen molar-refractivity contribution in [1.29, 1.82) is 0 Å². The summed E-state index contributed by atoms with van der Waals surface area (Å²) in [5, 5.41) is 0. The summed E-state index contributed by atoms with van der Waals surface area (Å²) >= 11 is 0. The van der Waals surface area contributed by atoms with Crippen LogP contribution >= 0.6 is 0 Å². The molecule has 2 N–H and O–H groups in total. The smallest absolute Gasteiger partial charge is 0.310 e. The van der Waals surface area contributed by atoms with Crippen LogP contribution in [0, 0.1) is 0 Å². The van der Waals surface area contributed by atoms with Gasteiger partial charge < -0.3 is 5.73 Å². The van der Waals surface area contributed by atoms with Crippen LogP contribution in [0.1, 0.15) is 50.4 Å². The summed E-state index contributed by atoms with van der Waals surface area (Å²) in [5.74, 6) is -0.0754. The van der Waals surface area contributed by atoms with Crippen molar-refractivity contribution in [2.24, 2.45) is 0 Å². The number of imidazole rings is 1. The van der Waals surface area contributed by atoms with Gasteiger partial charge >= 0.3 is 10.2 Å². The third-order valence-electron chi connectivity index (χ3n) is 3.98. The number of carbonyl (C=O) groups excluding carboxylic acids is 1. The van der Waals surface area contributed by atoms with Gasteiger partial charge in [0.2, 0.25) is 5.95 Å². The molecule has 132 valence electrons. The number of fused-ring (bicyclic) bond motifs is 1. The van der Waals surface area contributed by atoms with E-state index in [1.807, 2.05) is 6.92 Å². The lowest BCUT2D eigenvalue weighted by atomic mass is 10.1. The minimum absolute atomic E-state index is 0.0264. The zero-order valence-electron chi connectivity index (χ0n) is 14.3. The van der Waals surface area contributed by atoms with Crippen molar-refractivity contribution >= 4 is 33.0 Å². The van der Waals surface area contributed by atoms with E-state index in [0.717, 1.165) is 16.8 Å². The van der Waals surface area contributed by atoms with Crippen molar-refractivity contribution < 1.29 is 13.2 Å². The number of nitrogens with two attached hydrogens (primary N) is 1. The largest absolute Gasteiger partial charge is 0.368 e. The molecule has 0 aliphatic heterocycles. The minimum atomic E-state index is -3.78. The van der Waals surface area contributed by atoms with E-state index in [4.69, 9.17) is 5.73 Å². The molecule has 2 aromatic rings. The Bertz CT molecular complexity index is 838. The molecule has 0 amide bonds. The summed E-state index contributed by atoms with van der Waals surface area (Å²) in [6, 6.07) is 4.84. The summed E-state index contributed by atoms with van der Waals surface area (Å²) < 4.78 is 27.9. The highest BCUT2D eigenvalue weighted by atomic mass is 32.2. The maximum Gasteiger partial charge on any atom is 0.310 e. The van der Waals surface area contributed by atoms with E-state index in [2.05, 4.69) is 4.98 Å². The maximum atomic E-state index is 12.8. The van der Waals surface area contributed by atoms with E-state index in [9.17, 15) is 13.2 Å². The molecular formula is C16H24N4O3S. The van der Waals surface area contributed by atoms with Gasteiger partial charge in [0, 0.05) is 25.1 Å². The molecule has 0 fully saturated rings. The first-order valence-corrected chi connectivity index (χ1v) is 9.58. The fourth-order valence-corrected chi connectivity index (χ4v) is 4.20. The van der Waals surface area contributed by atoms with Crippen molar-refractivity contribution in [1.82, 2.24) is 13.3 Å². The molecular weight excluding hydrogens is 328 g/mol. The van der Waals surface area contributed by atoms with E-state index in [0.29, 0.717) is 36.1 Å². The van der Waals surface area contributed by atoms with Gasteiger partial charge in [0.15, 0.2) is 5.78 Å². The Morgan fingerprint density at radius 1 is 1.25 bits per heavy atom. The van der Waals surface area contributed by atoms with Gasteiger partial charge in [-0.1, -0.05) is 27.2 Å². The fraction of sp³-hybridized carbons (Fsp3) is 0.500. The van der Waals surface area contributed by atoms with Crippen LogP contribution in [0.3, 0.4) is 0 Å². The third kappa shape index (κ3) is 3.29. The van der Waals surface area contributed by atoms with Crippen molar-refractivity contribution in [2.75, 3.05) is 18.8 Å². The number of aromatic nitrogens is 2. The molecule has 1 aromatic carbocycles. The zero-order chi connectivity index (χ0) is 17.9. The number of hydrogen-bond donors (Lipinski definition) is 1. The second-order valence-corrected chi connectivity index (χ2v) is 7.33. The number of Topliss-reactive ketones (excluding diaryl/α,β-unsaturated/α-hetero) is 1. The normalized spacial score (nSPS) is 12.2. The van der Waals surface area contributed by atoms with E-state index >= 15 is 0 Å². The van der Waals surface area contributed by atoms with Crippen molar-refractivity contribution in [3.05, 3.63) is 23.8 Å². The van der Waals surface area contributed by atoms with Gasteiger partial charge in [0.1, 0.15) is 0 Å². The van der Waals surface area contributed by atoms with Crippen LogP contribution in [0.15, 0.2) is 18.2 Å². The number of nitrogen functional groups attached to an aromatic ring is 1. The molecule has 0 spiro atoms. The second-order valence-electron chi connectivity index (χ2n) is 5.56. The monoisotopic (exact) mass is 352 g/mol. The molecule has 0 atom stereocenters. The lowest BCUT2D eigenvalue weighted by Gasteiger charge is -2.19. The Kier molecular flexibility index (Phi) is 5.61. The molecule has 0 aliphatic rings. The molecule has 7 nitrogen and oxygen atoms in total. The number of rotatable bonds is 8. The Hall–Kier alpha value is -1.93. The first-order chi connectivity index (χ1) is 11.4. The average Bonchev–Trinajstić information content (AvgIpc) is 2.88. The van der Waals surface area contributed by atoms with E-state index < -0.39 is 10.2 Å². The number of ketones is 1. The molecule has 0 saturated heterocycles. The second kappa shape index (κ2) is 7.31. The quantitative estimate of drug-likeness (QED) is 0.736. The van der Waals surface area contributed by atoms with Crippen LogP contribution in [0.25, 0.3) is 11.0 Å². The van der Waals surface area contributed by atoms with Crippen LogP contribution in [-0.2, 0) is 10.2 Å². The standard InChI is InChI=1S/C16H24N4O3S/c1-4-7-8-15(21)12-9-10-14-13(11-12)18-16(17)20(14)24(22,23)19(5-2)6-3/h9-11H,4-8H2,1-3H3,(H2,17,18). The maximum absolute atomic E-state index is 12.8. The van der Waals surface area contributed by atoms with Gasteiger partial charge in [-0.3, -0.25) is 4.79 Å². The number of anilines is 1. The lowest BCUT2D eigenvalue weighted by Crippen LogP contribution is -2.35. The average molecular weight is 352 g/mol. The SMILES string of the molecule is CCCCC(=O)c1ccc2c(c1)nc(N)n2S(=O)(=O)N(CC)CC. The molecule has 2 rings (SSSR count). The van der Waals surface area contributed by atoms with Gasteiger partial charge in [-0.15, -0.1) is 0 Å². The van der Waals surface area contributed by atoms with Crippen LogP contribution in [-0.4, -0.2) is 40.6 Å². The van der Waals surface area contributed by atoms with Crippen molar-refractivity contribution in [3.63, 3.8) is 0 Å². The van der Waals surface area contributed by atoms with Crippen molar-refractivity contribution in [3.8, 4) is 0 Å². The molecule has 8 heteroatoms. The number of carbonyl (C=O) groups is 1. The van der Waals surface area contributed by atoms with Crippen LogP contribution in [0.5, 0.6) is 0 Å². The summed E-state index contributed by atoms with van der Waals surface area (Å²) in [4.78, 5) is 16.3. The molecule has 0 aliphatic carbocycles. The summed E-state index contributed by atoms with van der Waals surface area (Å²) in [7, 11) is -3.78. The van der Waals surface area contributed by atoms with E-state index in [-0.39, 0.29) is 11.7 Å². The van der Waals surface area contributed by atoms with Crippen LogP contribution in [0.4, 0.5) is 5.95 Å². The van der Waals surface area contributed by atoms with E-state index in [1.54, 1.807) is 32.0 Å². The lowest BCUT2D eigenvalue weighted by molar-refractivity contribution is 0.0980. The van der Waals surface area contributed by atoms with Crippen LogP contribution in [0.2, 0.25) is 0 Å². The van der Waals surface area contributed by atoms with Gasteiger partial charge in [-0.2, -0.15) is 16.7 Å². The first-order valence-electron chi connectivity index (χ1n) is 8.18. The molecule has 0 bridgehead atoms. The Morgan fingerprint density at radius 3 is 2.50 bits per heavy atom. The third-order valence-corrected chi connectivity index (χ3v) is 5.99. The van der Waals surface area contributed by atoms with Crippen molar-refractivity contribution in [2.45, 2.75) is 40.0 Å². The van der Waals surface area contributed by atoms with E-state index in [1.165, 1.54) is 4.31 Å². The molecule has 0 saturated carbocycles. The number of hydrogen-bond acceptors (Lipinski definition) is 5. The summed E-state index contributed by atoms with van der Waals surface area (Å²) in [6.45, 7) is 6.23. The number of nitrogens with zero attached hydrogens (tertiary/aromatic N) is 3. The topological polar surface area (TPSA) is 98.3 Å². The van der Waals surface area contributed by atoms with Gasteiger partial charge in [0.05, 0.1) is 11.0 Å². The predicted molar refractivity (Wildman–Crippen MR) is 95.2 cm³/mol. The summed E-state index contributed by atoms with van der Waals surface area (Å²) in [5.41, 5.74) is 7.17. The van der Waals surface area contributed by atoms with Gasteiger partial charge in [0.25, 0.3) is 0 Å². The molecule has 1 aromatic heterocycles. The van der Waals surface area contributed by atoms with Gasteiger partial charge in [-0.25, -0.2) is 4.98 Å². The molecule has 0 radical (unpaired) electrons. The fourth-order valence-electron chi connectivity index (χ4n) is 2.64. The Balaban J connectivity index is 2.52. The number of benzene rings is 1. The highest BCUT2D eigenvalue weighted by Crippen LogP contribution is 2.24. The highest BCUT2D eigenvalue weighted by Gasteiger charge is 2.26. The number of unbranched alkanes of at least 4 members (excludes halogenated alkanes) is 1. The molecule has 1 heterocycles. The summed E-state index contributed by atoms with van der Waals surface area (Å²) in [6.07, 6.45) is 2.23. The Labute approximate surface area is 142 Å². The molecule has 0 unspecified atom stereocenters. The Morgan fingerprint density at radius 2 is 1.92 bits per heavy atom.